The first-order valence-corrected chi connectivity index (χ1v) is 12.0. The molecule has 0 N–H and O–H groups in total. The predicted molar refractivity (Wildman–Crippen MR) is 145 cm³/mol. The topological polar surface area (TPSA) is 30.2 Å². The normalized spacial score (nSPS) is 11.1. The molecule has 3 nitrogen and oxygen atoms in total. The third-order valence-electron chi connectivity index (χ3n) is 5.96. The molecule has 0 saturated carbocycles. The molecule has 4 aromatic carbocycles. The highest BCUT2D eigenvalue weighted by Gasteiger charge is 2.21. The molecule has 0 amide bonds. The average Bonchev–Trinajstić information content (AvgIpc) is 3.29. The molecule has 0 atom stereocenters. The molecule has 35 heavy (non-hydrogen) atoms. The first-order valence-electron chi connectivity index (χ1n) is 11.2. The number of rotatable bonds is 4. The minimum Gasteiger partial charge on any atom is -0.295 e. The second-order valence-electron chi connectivity index (χ2n) is 8.22. The van der Waals surface area contributed by atoms with E-state index in [2.05, 4.69) is 34.9 Å². The maximum atomic E-state index is 6.23. The lowest BCUT2D eigenvalue weighted by Gasteiger charge is -2.11. The molecule has 0 saturated heterocycles. The lowest BCUT2D eigenvalue weighted by molar-refractivity contribution is 1.14. The summed E-state index contributed by atoms with van der Waals surface area (Å²) in [5.74, 6) is 0. The van der Waals surface area contributed by atoms with Gasteiger partial charge < -0.3 is 0 Å². The van der Waals surface area contributed by atoms with E-state index in [1.807, 2.05) is 84.9 Å². The highest BCUT2D eigenvalue weighted by molar-refractivity contribution is 6.31. The summed E-state index contributed by atoms with van der Waals surface area (Å²) in [6.45, 7) is 0. The quantitative estimate of drug-likeness (QED) is 0.246. The van der Waals surface area contributed by atoms with Crippen LogP contribution in [0.1, 0.15) is 0 Å². The summed E-state index contributed by atoms with van der Waals surface area (Å²) in [7, 11) is 0. The van der Waals surface area contributed by atoms with E-state index >= 15 is 0 Å². The van der Waals surface area contributed by atoms with Crippen LogP contribution in [-0.2, 0) is 0 Å². The molecule has 6 rings (SSSR count). The van der Waals surface area contributed by atoms with Gasteiger partial charge in [-0.05, 0) is 24.3 Å². The van der Waals surface area contributed by atoms with Crippen LogP contribution in [-0.4, -0.2) is 14.4 Å². The van der Waals surface area contributed by atoms with Crippen LogP contribution in [0.4, 0.5) is 0 Å². The van der Waals surface area contributed by atoms with Crippen LogP contribution >= 0.6 is 23.2 Å². The van der Waals surface area contributed by atoms with E-state index in [-0.39, 0.29) is 0 Å². The fraction of sp³-hybridized carbons (Fsp3) is 0. The number of halogens is 2. The van der Waals surface area contributed by atoms with E-state index < -0.39 is 0 Å². The maximum absolute atomic E-state index is 6.23. The monoisotopic (exact) mass is 491 g/mol. The van der Waals surface area contributed by atoms with Crippen LogP contribution in [0.2, 0.25) is 10.0 Å². The first kappa shape index (κ1) is 21.6. The van der Waals surface area contributed by atoms with Crippen LogP contribution in [0.5, 0.6) is 0 Å². The van der Waals surface area contributed by atoms with E-state index in [0.29, 0.717) is 10.0 Å². The summed E-state index contributed by atoms with van der Waals surface area (Å²) >= 11 is 12.4. The van der Waals surface area contributed by atoms with Crippen molar-refractivity contribution >= 4 is 28.8 Å². The van der Waals surface area contributed by atoms with Crippen molar-refractivity contribution in [2.45, 2.75) is 0 Å². The van der Waals surface area contributed by atoms with Gasteiger partial charge in [-0.15, -0.1) is 0 Å². The molecule has 0 bridgehead atoms. The Bertz CT molecular complexity index is 1620. The number of hydrogen-bond acceptors (Lipinski definition) is 2. The van der Waals surface area contributed by atoms with Crippen LogP contribution < -0.4 is 0 Å². The van der Waals surface area contributed by atoms with Crippen molar-refractivity contribution in [2.75, 3.05) is 0 Å². The zero-order chi connectivity index (χ0) is 23.8. The number of imidazole rings is 1. The Labute approximate surface area is 213 Å². The third kappa shape index (κ3) is 4.10. The van der Waals surface area contributed by atoms with E-state index in [9.17, 15) is 0 Å². The molecular formula is C30H19Cl2N3. The molecule has 0 radical (unpaired) electrons. The Morgan fingerprint density at radius 3 is 1.60 bits per heavy atom. The molecule has 6 aromatic rings. The molecular weight excluding hydrogens is 473 g/mol. The Morgan fingerprint density at radius 2 is 1.00 bits per heavy atom. The second kappa shape index (κ2) is 9.03. The fourth-order valence-corrected chi connectivity index (χ4v) is 4.53. The summed E-state index contributed by atoms with van der Waals surface area (Å²) in [6.07, 6.45) is 2.06. The van der Waals surface area contributed by atoms with Gasteiger partial charge in [-0.3, -0.25) is 4.40 Å². The standard InChI is InChI=1S/C30H19Cl2N3/c31-24-15-11-22(12-16-24)27-29(23-13-17-25(32)18-14-23)35-19-26(20-7-3-1-4-8-20)33-28(30(35)34-27)21-9-5-2-6-10-21/h1-19H. The Morgan fingerprint density at radius 1 is 0.486 bits per heavy atom. The van der Waals surface area contributed by atoms with Gasteiger partial charge in [-0.2, -0.15) is 0 Å². The number of fused-ring (bicyclic) bond motifs is 1. The van der Waals surface area contributed by atoms with Crippen molar-refractivity contribution in [3.8, 4) is 45.0 Å². The van der Waals surface area contributed by atoms with Crippen LogP contribution in [0.3, 0.4) is 0 Å². The molecule has 0 aliphatic carbocycles. The summed E-state index contributed by atoms with van der Waals surface area (Å²) in [6, 6.07) is 36.0. The van der Waals surface area contributed by atoms with Crippen molar-refractivity contribution in [1.29, 1.82) is 0 Å². The van der Waals surface area contributed by atoms with Crippen LogP contribution in [0.15, 0.2) is 115 Å². The molecule has 2 heterocycles. The molecule has 0 aliphatic heterocycles. The van der Waals surface area contributed by atoms with Crippen molar-refractivity contribution in [3.05, 3.63) is 125 Å². The van der Waals surface area contributed by atoms with Crippen molar-refractivity contribution < 1.29 is 0 Å². The Kier molecular flexibility index (Phi) is 5.57. The average molecular weight is 492 g/mol. The smallest absolute Gasteiger partial charge is 0.164 e. The number of hydrogen-bond donors (Lipinski definition) is 0. The molecule has 0 fully saturated rings. The van der Waals surface area contributed by atoms with Gasteiger partial charge in [-0.1, -0.05) is 108 Å². The van der Waals surface area contributed by atoms with Gasteiger partial charge in [-0.25, -0.2) is 9.97 Å². The molecule has 0 aliphatic rings. The highest BCUT2D eigenvalue weighted by Crippen LogP contribution is 2.37. The van der Waals surface area contributed by atoms with E-state index in [4.69, 9.17) is 33.2 Å². The van der Waals surface area contributed by atoms with E-state index in [1.54, 1.807) is 0 Å². The lowest BCUT2D eigenvalue weighted by atomic mass is 10.0. The lowest BCUT2D eigenvalue weighted by Crippen LogP contribution is -1.97. The van der Waals surface area contributed by atoms with E-state index in [0.717, 1.165) is 50.7 Å². The SMILES string of the molecule is Clc1ccc(-c2nc3c(-c4ccccc4)nc(-c4ccccc4)cn3c2-c2ccc(Cl)cc2)cc1. The number of benzene rings is 4. The summed E-state index contributed by atoms with van der Waals surface area (Å²) in [5.41, 5.74) is 8.32. The van der Waals surface area contributed by atoms with Crippen molar-refractivity contribution in [1.82, 2.24) is 14.4 Å². The van der Waals surface area contributed by atoms with Gasteiger partial charge in [0.1, 0.15) is 5.69 Å². The molecule has 0 spiro atoms. The Balaban J connectivity index is 1.73. The van der Waals surface area contributed by atoms with Gasteiger partial charge in [0.05, 0.1) is 17.1 Å². The Hall–Kier alpha value is -3.92. The second-order valence-corrected chi connectivity index (χ2v) is 9.10. The summed E-state index contributed by atoms with van der Waals surface area (Å²) < 4.78 is 2.14. The summed E-state index contributed by atoms with van der Waals surface area (Å²) in [4.78, 5) is 10.2. The molecule has 0 unspecified atom stereocenters. The zero-order valence-electron chi connectivity index (χ0n) is 18.6. The third-order valence-corrected chi connectivity index (χ3v) is 6.46. The molecule has 2 aromatic heterocycles. The van der Waals surface area contributed by atoms with Crippen LogP contribution in [0, 0.1) is 0 Å². The van der Waals surface area contributed by atoms with Crippen molar-refractivity contribution in [3.63, 3.8) is 0 Å². The van der Waals surface area contributed by atoms with Gasteiger partial charge in [0.25, 0.3) is 0 Å². The molecule has 168 valence electrons. The highest BCUT2D eigenvalue weighted by atomic mass is 35.5. The van der Waals surface area contributed by atoms with Gasteiger partial charge in [0.2, 0.25) is 0 Å². The largest absolute Gasteiger partial charge is 0.295 e. The fourth-order valence-electron chi connectivity index (χ4n) is 4.28. The number of nitrogens with zero attached hydrogens (tertiary/aromatic N) is 3. The van der Waals surface area contributed by atoms with Gasteiger partial charge in [0, 0.05) is 38.5 Å². The predicted octanol–water partition coefficient (Wildman–Crippen LogP) is 8.70. The van der Waals surface area contributed by atoms with E-state index in [1.165, 1.54) is 0 Å². The van der Waals surface area contributed by atoms with Gasteiger partial charge in [0.15, 0.2) is 5.65 Å². The molecule has 5 heteroatoms. The maximum Gasteiger partial charge on any atom is 0.164 e. The van der Waals surface area contributed by atoms with Crippen LogP contribution in [0.25, 0.3) is 50.7 Å². The minimum absolute atomic E-state index is 0.684. The number of aromatic nitrogens is 3. The first-order chi connectivity index (χ1) is 17.2. The van der Waals surface area contributed by atoms with Gasteiger partial charge >= 0.3 is 0 Å². The minimum atomic E-state index is 0.684. The zero-order valence-corrected chi connectivity index (χ0v) is 20.1. The summed E-state index contributed by atoms with van der Waals surface area (Å²) in [5, 5.41) is 1.37. The van der Waals surface area contributed by atoms with Crippen molar-refractivity contribution in [2.24, 2.45) is 0 Å².